The van der Waals surface area contributed by atoms with Gasteiger partial charge in [0.1, 0.15) is 0 Å². The van der Waals surface area contributed by atoms with Crippen LogP contribution >= 0.6 is 11.6 Å². The maximum absolute atomic E-state index is 12.7. The minimum atomic E-state index is 0.0249. The lowest BCUT2D eigenvalue weighted by molar-refractivity contribution is 0.103. The number of aliphatic imine (C=N–C) groups is 1. The fourth-order valence-corrected chi connectivity index (χ4v) is 2.88. The van der Waals surface area contributed by atoms with Gasteiger partial charge in [0.2, 0.25) is 0 Å². The van der Waals surface area contributed by atoms with Crippen molar-refractivity contribution in [1.82, 2.24) is 4.90 Å². The molecule has 23 heavy (non-hydrogen) atoms. The van der Waals surface area contributed by atoms with Crippen LogP contribution in [0.1, 0.15) is 15.9 Å². The smallest absolute Gasteiger partial charge is 0.192 e. The highest BCUT2D eigenvalue weighted by Crippen LogP contribution is 2.30. The van der Waals surface area contributed by atoms with Crippen LogP contribution in [-0.2, 0) is 0 Å². The summed E-state index contributed by atoms with van der Waals surface area (Å²) in [4.78, 5) is 18.9. The standard InChI is InChI=1S/C19H17ClN2O/c1-22(2)12-15-11-21-10-14-9-13(7-8-17(14)19(15)23)16-5-3-4-6-18(16)20/h3-10,12H,11H2,1-2H3/b15-12+. The molecule has 0 atom stereocenters. The Morgan fingerprint density at radius 3 is 2.65 bits per heavy atom. The Labute approximate surface area is 140 Å². The van der Waals surface area contributed by atoms with Gasteiger partial charge in [-0.15, -0.1) is 0 Å². The highest BCUT2D eigenvalue weighted by Gasteiger charge is 2.19. The van der Waals surface area contributed by atoms with Crippen molar-refractivity contribution in [3.8, 4) is 11.1 Å². The Bertz CT molecular complexity index is 822. The lowest BCUT2D eigenvalue weighted by Crippen LogP contribution is -2.11. The molecule has 1 aliphatic heterocycles. The zero-order valence-corrected chi connectivity index (χ0v) is 13.8. The quantitative estimate of drug-likeness (QED) is 0.780. The number of hydrogen-bond acceptors (Lipinski definition) is 3. The van der Waals surface area contributed by atoms with Crippen molar-refractivity contribution in [2.24, 2.45) is 4.99 Å². The molecule has 116 valence electrons. The molecule has 0 unspecified atom stereocenters. The molecule has 0 bridgehead atoms. The topological polar surface area (TPSA) is 32.7 Å². The summed E-state index contributed by atoms with van der Waals surface area (Å²) in [7, 11) is 3.80. The Balaban J connectivity index is 2.07. The largest absolute Gasteiger partial charge is 0.383 e. The second-order valence-electron chi connectivity index (χ2n) is 5.70. The number of carbonyl (C=O) groups is 1. The molecular weight excluding hydrogens is 308 g/mol. The number of halogens is 1. The van der Waals surface area contributed by atoms with Gasteiger partial charge in [-0.2, -0.15) is 0 Å². The third-order valence-corrected chi connectivity index (χ3v) is 4.01. The van der Waals surface area contributed by atoms with Gasteiger partial charge in [0.15, 0.2) is 5.78 Å². The van der Waals surface area contributed by atoms with Crippen molar-refractivity contribution in [2.45, 2.75) is 0 Å². The maximum Gasteiger partial charge on any atom is 0.192 e. The number of fused-ring (bicyclic) bond motifs is 1. The van der Waals surface area contributed by atoms with Gasteiger partial charge in [-0.3, -0.25) is 9.79 Å². The number of nitrogens with zero attached hydrogens (tertiary/aromatic N) is 2. The Morgan fingerprint density at radius 2 is 1.91 bits per heavy atom. The van der Waals surface area contributed by atoms with Crippen molar-refractivity contribution in [2.75, 3.05) is 20.6 Å². The van der Waals surface area contributed by atoms with Crippen LogP contribution in [0.25, 0.3) is 11.1 Å². The monoisotopic (exact) mass is 324 g/mol. The third kappa shape index (κ3) is 3.20. The van der Waals surface area contributed by atoms with Crippen molar-refractivity contribution in [1.29, 1.82) is 0 Å². The molecule has 0 fully saturated rings. The molecule has 0 N–H and O–H groups in total. The molecule has 0 saturated heterocycles. The zero-order chi connectivity index (χ0) is 16.4. The Hall–Kier alpha value is -2.39. The lowest BCUT2D eigenvalue weighted by Gasteiger charge is -2.10. The van der Waals surface area contributed by atoms with E-state index in [-0.39, 0.29) is 5.78 Å². The van der Waals surface area contributed by atoms with Gasteiger partial charge in [0.25, 0.3) is 0 Å². The second-order valence-corrected chi connectivity index (χ2v) is 6.11. The molecule has 0 saturated carbocycles. The van der Waals surface area contributed by atoms with Crippen LogP contribution in [0.3, 0.4) is 0 Å². The fraction of sp³-hybridized carbons (Fsp3) is 0.158. The number of benzene rings is 2. The van der Waals surface area contributed by atoms with Gasteiger partial charge in [-0.05, 0) is 23.8 Å². The van der Waals surface area contributed by atoms with Gasteiger partial charge in [-0.25, -0.2) is 0 Å². The van der Waals surface area contributed by atoms with E-state index >= 15 is 0 Å². The fourth-order valence-electron chi connectivity index (χ4n) is 2.64. The molecule has 2 aromatic rings. The summed E-state index contributed by atoms with van der Waals surface area (Å²) in [5.74, 6) is 0.0249. The van der Waals surface area contributed by atoms with Crippen LogP contribution in [0, 0.1) is 0 Å². The average molecular weight is 325 g/mol. The first-order valence-corrected chi connectivity index (χ1v) is 7.74. The minimum Gasteiger partial charge on any atom is -0.383 e. The van der Waals surface area contributed by atoms with E-state index in [0.717, 1.165) is 16.7 Å². The van der Waals surface area contributed by atoms with Crippen LogP contribution in [0.5, 0.6) is 0 Å². The summed E-state index contributed by atoms with van der Waals surface area (Å²) in [6, 6.07) is 13.4. The minimum absolute atomic E-state index is 0.0249. The summed E-state index contributed by atoms with van der Waals surface area (Å²) in [5, 5.41) is 0.692. The molecule has 4 heteroatoms. The first-order valence-electron chi connectivity index (χ1n) is 7.37. The molecule has 1 aliphatic rings. The second kappa shape index (κ2) is 6.39. The third-order valence-electron chi connectivity index (χ3n) is 3.68. The van der Waals surface area contributed by atoms with E-state index in [1.807, 2.05) is 67.7 Å². The van der Waals surface area contributed by atoms with E-state index in [9.17, 15) is 4.79 Å². The molecule has 1 heterocycles. The Morgan fingerprint density at radius 1 is 1.13 bits per heavy atom. The van der Waals surface area contributed by atoms with E-state index in [1.165, 1.54) is 0 Å². The number of rotatable bonds is 2. The highest BCUT2D eigenvalue weighted by atomic mass is 35.5. The van der Waals surface area contributed by atoms with E-state index in [2.05, 4.69) is 4.99 Å². The van der Waals surface area contributed by atoms with Crippen LogP contribution in [0.2, 0.25) is 5.02 Å². The molecule has 0 spiro atoms. The van der Waals surface area contributed by atoms with Crippen molar-refractivity contribution in [3.05, 3.63) is 70.4 Å². The van der Waals surface area contributed by atoms with Gasteiger partial charge < -0.3 is 4.90 Å². The summed E-state index contributed by atoms with van der Waals surface area (Å²) < 4.78 is 0. The number of hydrogen-bond donors (Lipinski definition) is 0. The molecule has 0 aliphatic carbocycles. The predicted molar refractivity (Wildman–Crippen MR) is 95.4 cm³/mol. The van der Waals surface area contributed by atoms with E-state index in [1.54, 1.807) is 6.21 Å². The maximum atomic E-state index is 12.7. The zero-order valence-electron chi connectivity index (χ0n) is 13.1. The molecular formula is C19H17ClN2O. The summed E-state index contributed by atoms with van der Waals surface area (Å²) >= 11 is 6.27. The SMILES string of the molecule is CN(C)/C=C1\CN=Cc2cc(-c3ccccc3Cl)ccc2C1=O. The first kappa shape index (κ1) is 15.5. The number of Topliss-reactive ketones (excluding diaryl/α,β-unsaturated/α-hetero) is 1. The van der Waals surface area contributed by atoms with E-state index in [0.29, 0.717) is 22.7 Å². The average Bonchev–Trinajstić information content (AvgIpc) is 2.67. The van der Waals surface area contributed by atoms with Gasteiger partial charge in [-0.1, -0.05) is 35.9 Å². The van der Waals surface area contributed by atoms with Crippen LogP contribution in [-0.4, -0.2) is 37.5 Å². The summed E-state index contributed by atoms with van der Waals surface area (Å²) in [6.07, 6.45) is 3.60. The predicted octanol–water partition coefficient (Wildman–Crippen LogP) is 4.07. The number of ketones is 1. The van der Waals surface area contributed by atoms with Gasteiger partial charge in [0, 0.05) is 53.8 Å². The normalized spacial score (nSPS) is 15.4. The molecule has 0 radical (unpaired) electrons. The van der Waals surface area contributed by atoms with Crippen LogP contribution in [0.15, 0.2) is 59.2 Å². The Kier molecular flexibility index (Phi) is 4.30. The van der Waals surface area contributed by atoms with Crippen molar-refractivity contribution >= 4 is 23.6 Å². The number of carbonyl (C=O) groups excluding carboxylic acids is 1. The van der Waals surface area contributed by atoms with Gasteiger partial charge >= 0.3 is 0 Å². The molecule has 3 rings (SSSR count). The van der Waals surface area contributed by atoms with Crippen LogP contribution in [0.4, 0.5) is 0 Å². The van der Waals surface area contributed by atoms with Crippen molar-refractivity contribution in [3.63, 3.8) is 0 Å². The summed E-state index contributed by atoms with van der Waals surface area (Å²) in [6.45, 7) is 0.396. The van der Waals surface area contributed by atoms with E-state index < -0.39 is 0 Å². The lowest BCUT2D eigenvalue weighted by atomic mass is 9.95. The molecule has 2 aromatic carbocycles. The van der Waals surface area contributed by atoms with Gasteiger partial charge in [0.05, 0.1) is 6.54 Å². The molecule has 0 amide bonds. The highest BCUT2D eigenvalue weighted by molar-refractivity contribution is 6.33. The van der Waals surface area contributed by atoms with Crippen LogP contribution < -0.4 is 0 Å². The molecule has 0 aromatic heterocycles. The van der Waals surface area contributed by atoms with Crippen molar-refractivity contribution < 1.29 is 4.79 Å². The first-order chi connectivity index (χ1) is 11.1. The summed E-state index contributed by atoms with van der Waals surface area (Å²) in [5.41, 5.74) is 4.12. The van der Waals surface area contributed by atoms with E-state index in [4.69, 9.17) is 11.6 Å². The molecule has 3 nitrogen and oxygen atoms in total.